The summed E-state index contributed by atoms with van der Waals surface area (Å²) in [5.74, 6) is 0. The second-order valence-electron chi connectivity index (χ2n) is 3.13. The molecule has 0 radical (unpaired) electrons. The van der Waals surface area contributed by atoms with Crippen LogP contribution in [0.4, 0.5) is 0 Å². The highest BCUT2D eigenvalue weighted by molar-refractivity contribution is 5.31. The van der Waals surface area contributed by atoms with E-state index in [-0.39, 0.29) is 6.61 Å². The monoisotopic (exact) mass is 189 g/mol. The van der Waals surface area contributed by atoms with Gasteiger partial charge in [0.25, 0.3) is 0 Å². The molecule has 72 valence electrons. The molecule has 0 aliphatic carbocycles. The molecule has 0 bridgehead atoms. The van der Waals surface area contributed by atoms with Gasteiger partial charge in [0.05, 0.1) is 24.2 Å². The van der Waals surface area contributed by atoms with Gasteiger partial charge in [0, 0.05) is 12.4 Å². The largest absolute Gasteiger partial charge is 0.390 e. The molecule has 0 saturated heterocycles. The van der Waals surface area contributed by atoms with E-state index < -0.39 is 0 Å². The van der Waals surface area contributed by atoms with Crippen molar-refractivity contribution in [1.29, 1.82) is 0 Å². The molecule has 14 heavy (non-hydrogen) atoms. The zero-order valence-corrected chi connectivity index (χ0v) is 7.88. The fourth-order valence-corrected chi connectivity index (χ4v) is 1.25. The Kier molecular flexibility index (Phi) is 2.28. The Morgan fingerprint density at radius 3 is 3.00 bits per heavy atom. The van der Waals surface area contributed by atoms with E-state index in [2.05, 4.69) is 10.1 Å². The van der Waals surface area contributed by atoms with Gasteiger partial charge in [-0.2, -0.15) is 5.10 Å². The van der Waals surface area contributed by atoms with Crippen molar-refractivity contribution in [2.24, 2.45) is 0 Å². The minimum atomic E-state index is -0.0475. The smallest absolute Gasteiger partial charge is 0.0853 e. The van der Waals surface area contributed by atoms with Crippen molar-refractivity contribution in [2.45, 2.75) is 13.5 Å². The van der Waals surface area contributed by atoms with Crippen LogP contribution in [0.2, 0.25) is 0 Å². The lowest BCUT2D eigenvalue weighted by Gasteiger charge is -2.01. The minimum Gasteiger partial charge on any atom is -0.390 e. The molecule has 0 aromatic carbocycles. The van der Waals surface area contributed by atoms with Crippen LogP contribution in [-0.4, -0.2) is 19.9 Å². The summed E-state index contributed by atoms with van der Waals surface area (Å²) in [6, 6.07) is 3.66. The molecule has 2 aromatic rings. The van der Waals surface area contributed by atoms with Gasteiger partial charge in [-0.25, -0.2) is 4.68 Å². The average Bonchev–Trinajstić information content (AvgIpc) is 2.65. The van der Waals surface area contributed by atoms with Crippen molar-refractivity contribution in [3.05, 3.63) is 42.0 Å². The number of hydrogen-bond acceptors (Lipinski definition) is 3. The summed E-state index contributed by atoms with van der Waals surface area (Å²) in [5, 5.41) is 13.1. The molecular weight excluding hydrogens is 178 g/mol. The van der Waals surface area contributed by atoms with Gasteiger partial charge in [0.15, 0.2) is 0 Å². The first kappa shape index (κ1) is 8.90. The Hall–Kier alpha value is -1.68. The predicted molar refractivity (Wildman–Crippen MR) is 52.0 cm³/mol. The van der Waals surface area contributed by atoms with Gasteiger partial charge < -0.3 is 5.11 Å². The molecule has 4 heteroatoms. The van der Waals surface area contributed by atoms with Gasteiger partial charge in [-0.1, -0.05) is 0 Å². The maximum atomic E-state index is 8.92. The highest BCUT2D eigenvalue weighted by Gasteiger charge is 1.99. The molecule has 0 aliphatic rings. The highest BCUT2D eigenvalue weighted by atomic mass is 16.3. The number of nitrogens with zero attached hydrogens (tertiary/aromatic N) is 3. The van der Waals surface area contributed by atoms with Gasteiger partial charge in [-0.3, -0.25) is 4.98 Å². The number of aliphatic hydroxyl groups is 1. The van der Waals surface area contributed by atoms with Gasteiger partial charge in [-0.15, -0.1) is 0 Å². The van der Waals surface area contributed by atoms with Crippen LogP contribution < -0.4 is 0 Å². The van der Waals surface area contributed by atoms with Crippen LogP contribution in [0.5, 0.6) is 0 Å². The molecule has 0 saturated carbocycles. The van der Waals surface area contributed by atoms with Crippen LogP contribution in [0, 0.1) is 6.92 Å². The summed E-state index contributed by atoms with van der Waals surface area (Å²) in [5.41, 5.74) is 2.67. The lowest BCUT2D eigenvalue weighted by atomic mass is 10.3. The van der Waals surface area contributed by atoms with Crippen molar-refractivity contribution < 1.29 is 5.11 Å². The zero-order chi connectivity index (χ0) is 9.97. The number of pyridine rings is 1. The van der Waals surface area contributed by atoms with Gasteiger partial charge in [-0.05, 0) is 24.6 Å². The van der Waals surface area contributed by atoms with Gasteiger partial charge >= 0.3 is 0 Å². The van der Waals surface area contributed by atoms with E-state index in [0.717, 1.165) is 11.3 Å². The van der Waals surface area contributed by atoms with Crippen LogP contribution in [-0.2, 0) is 6.61 Å². The van der Waals surface area contributed by atoms with Crippen LogP contribution in [0.3, 0.4) is 0 Å². The normalized spacial score (nSPS) is 10.4. The van der Waals surface area contributed by atoms with E-state index in [1.165, 1.54) is 0 Å². The lowest BCUT2D eigenvalue weighted by Crippen LogP contribution is -1.97. The van der Waals surface area contributed by atoms with Crippen molar-refractivity contribution >= 4 is 0 Å². The van der Waals surface area contributed by atoms with Crippen LogP contribution in [0.15, 0.2) is 30.7 Å². The van der Waals surface area contributed by atoms with Gasteiger partial charge in [0.1, 0.15) is 0 Å². The summed E-state index contributed by atoms with van der Waals surface area (Å²) < 4.78 is 1.76. The number of aryl methyl sites for hydroxylation is 1. The third kappa shape index (κ3) is 1.65. The van der Waals surface area contributed by atoms with Gasteiger partial charge in [0.2, 0.25) is 0 Å². The topological polar surface area (TPSA) is 50.9 Å². The first-order valence-corrected chi connectivity index (χ1v) is 4.37. The molecule has 1 N–H and O–H groups in total. The van der Waals surface area contributed by atoms with Crippen molar-refractivity contribution in [3.8, 4) is 5.69 Å². The molecule has 0 amide bonds. The molecule has 4 nitrogen and oxygen atoms in total. The molecule has 0 aliphatic heterocycles. The van der Waals surface area contributed by atoms with Crippen molar-refractivity contribution in [1.82, 2.24) is 14.8 Å². The maximum absolute atomic E-state index is 8.92. The Labute approximate surface area is 81.8 Å². The third-order valence-electron chi connectivity index (χ3n) is 1.94. The van der Waals surface area contributed by atoms with E-state index in [4.69, 9.17) is 5.11 Å². The summed E-state index contributed by atoms with van der Waals surface area (Å²) in [6.07, 6.45) is 5.38. The molecule has 2 aromatic heterocycles. The molecular formula is C10H11N3O. The summed E-state index contributed by atoms with van der Waals surface area (Å²) in [7, 11) is 0. The predicted octanol–water partition coefficient (Wildman–Crippen LogP) is 1.07. The fraction of sp³-hybridized carbons (Fsp3) is 0.200. The second-order valence-corrected chi connectivity index (χ2v) is 3.13. The quantitative estimate of drug-likeness (QED) is 0.768. The lowest BCUT2D eigenvalue weighted by molar-refractivity contribution is 0.277. The zero-order valence-electron chi connectivity index (χ0n) is 7.88. The Morgan fingerprint density at radius 1 is 1.50 bits per heavy atom. The van der Waals surface area contributed by atoms with Crippen LogP contribution in [0.25, 0.3) is 5.69 Å². The molecule has 0 atom stereocenters. The summed E-state index contributed by atoms with van der Waals surface area (Å²) in [4.78, 5) is 4.00. The average molecular weight is 189 g/mol. The second kappa shape index (κ2) is 3.59. The molecule has 0 fully saturated rings. The van der Waals surface area contributed by atoms with E-state index >= 15 is 0 Å². The Morgan fingerprint density at radius 2 is 2.36 bits per heavy atom. The standard InChI is InChI=1S/C10H11N3O/c1-8-5-12-13(6-8)10-2-3-11-9(4-10)7-14/h2-6,14H,7H2,1H3. The maximum Gasteiger partial charge on any atom is 0.0853 e. The first-order chi connectivity index (χ1) is 6.79. The number of rotatable bonds is 2. The molecule has 2 heterocycles. The van der Waals surface area contributed by atoms with E-state index in [0.29, 0.717) is 5.69 Å². The fourth-order valence-electron chi connectivity index (χ4n) is 1.25. The van der Waals surface area contributed by atoms with Crippen molar-refractivity contribution in [3.63, 3.8) is 0 Å². The summed E-state index contributed by atoms with van der Waals surface area (Å²) >= 11 is 0. The molecule has 0 spiro atoms. The molecule has 2 rings (SSSR count). The first-order valence-electron chi connectivity index (χ1n) is 4.37. The highest BCUT2D eigenvalue weighted by Crippen LogP contribution is 2.08. The number of aromatic nitrogens is 3. The minimum absolute atomic E-state index is 0.0475. The summed E-state index contributed by atoms with van der Waals surface area (Å²) in [6.45, 7) is 1.94. The number of hydrogen-bond donors (Lipinski definition) is 1. The van der Waals surface area contributed by atoms with Crippen LogP contribution >= 0.6 is 0 Å². The Balaban J connectivity index is 2.41. The van der Waals surface area contributed by atoms with E-state index in [1.54, 1.807) is 17.1 Å². The Bertz CT molecular complexity index is 436. The van der Waals surface area contributed by atoms with Crippen LogP contribution in [0.1, 0.15) is 11.3 Å². The van der Waals surface area contributed by atoms with E-state index in [1.807, 2.05) is 25.3 Å². The third-order valence-corrected chi connectivity index (χ3v) is 1.94. The molecule has 0 unspecified atom stereocenters. The van der Waals surface area contributed by atoms with E-state index in [9.17, 15) is 0 Å². The SMILES string of the molecule is Cc1cnn(-c2ccnc(CO)c2)c1. The number of aliphatic hydroxyl groups excluding tert-OH is 1. The van der Waals surface area contributed by atoms with Crippen molar-refractivity contribution in [2.75, 3.05) is 0 Å².